The summed E-state index contributed by atoms with van der Waals surface area (Å²) >= 11 is 0. The molecule has 0 spiro atoms. The lowest BCUT2D eigenvalue weighted by molar-refractivity contribution is -0.151. The summed E-state index contributed by atoms with van der Waals surface area (Å²) in [5, 5.41) is 9.20. The van der Waals surface area contributed by atoms with E-state index in [-0.39, 0.29) is 6.61 Å². The van der Waals surface area contributed by atoms with Gasteiger partial charge in [0.1, 0.15) is 0 Å². The van der Waals surface area contributed by atoms with E-state index in [1.807, 2.05) is 0 Å². The molecule has 0 aliphatic carbocycles. The number of hydrogen-bond acceptors (Lipinski definition) is 4. The largest absolute Gasteiger partial charge is 0.479 e. The van der Waals surface area contributed by atoms with E-state index in [9.17, 15) is 14.7 Å². The minimum atomic E-state index is -1.21. The lowest BCUT2D eigenvalue weighted by Gasteiger charge is -2.37. The van der Waals surface area contributed by atoms with E-state index in [1.165, 1.54) is 4.90 Å². The van der Waals surface area contributed by atoms with Gasteiger partial charge in [0.15, 0.2) is 5.54 Å². The van der Waals surface area contributed by atoms with Gasteiger partial charge in [0.25, 0.3) is 0 Å². The summed E-state index contributed by atoms with van der Waals surface area (Å²) in [6.07, 6.45) is 0.451. The number of carbonyl (C=O) groups excluding carboxylic acids is 1. The van der Waals surface area contributed by atoms with E-state index in [4.69, 9.17) is 9.47 Å². The molecule has 84 valence electrons. The normalized spacial score (nSPS) is 31.5. The van der Waals surface area contributed by atoms with Gasteiger partial charge in [-0.1, -0.05) is 0 Å². The Morgan fingerprint density at radius 3 is 2.80 bits per heavy atom. The summed E-state index contributed by atoms with van der Waals surface area (Å²) in [7, 11) is 0. The zero-order valence-corrected chi connectivity index (χ0v) is 8.27. The highest BCUT2D eigenvalue weighted by Gasteiger charge is 2.51. The van der Waals surface area contributed by atoms with Gasteiger partial charge in [-0.15, -0.1) is 0 Å². The molecule has 2 aliphatic rings. The third-order valence-electron chi connectivity index (χ3n) is 2.89. The van der Waals surface area contributed by atoms with Gasteiger partial charge < -0.3 is 14.6 Å². The molecular formula is C9H13NO5. The standard InChI is InChI=1S/C9H13NO5/c11-7(12)9(2-5-14-6-9)10-3-1-4-15-8(10)13/h1-6H2,(H,11,12). The molecule has 0 aromatic rings. The molecule has 2 rings (SSSR count). The molecule has 0 aromatic heterocycles. The molecule has 15 heavy (non-hydrogen) atoms. The Morgan fingerprint density at radius 1 is 1.47 bits per heavy atom. The SMILES string of the molecule is O=C1OCCCN1C1(C(=O)O)CCOC1. The van der Waals surface area contributed by atoms with Crippen molar-refractivity contribution in [1.29, 1.82) is 0 Å². The maximum Gasteiger partial charge on any atom is 0.410 e. The summed E-state index contributed by atoms with van der Waals surface area (Å²) in [6, 6.07) is 0. The number of nitrogens with zero attached hydrogens (tertiary/aromatic N) is 1. The van der Waals surface area contributed by atoms with E-state index in [2.05, 4.69) is 0 Å². The Bertz CT molecular complexity index is 284. The predicted molar refractivity (Wildman–Crippen MR) is 48.5 cm³/mol. The van der Waals surface area contributed by atoms with Crippen molar-refractivity contribution in [3.63, 3.8) is 0 Å². The fourth-order valence-electron chi connectivity index (χ4n) is 1.99. The number of hydrogen-bond donors (Lipinski definition) is 1. The molecule has 2 fully saturated rings. The van der Waals surface area contributed by atoms with Crippen LogP contribution in [0, 0.1) is 0 Å². The second-order valence-corrected chi connectivity index (χ2v) is 3.76. The van der Waals surface area contributed by atoms with E-state index < -0.39 is 17.6 Å². The van der Waals surface area contributed by atoms with Crippen molar-refractivity contribution in [3.8, 4) is 0 Å². The van der Waals surface area contributed by atoms with Crippen molar-refractivity contribution in [2.45, 2.75) is 18.4 Å². The smallest absolute Gasteiger partial charge is 0.410 e. The van der Waals surface area contributed by atoms with Crippen LogP contribution in [0.15, 0.2) is 0 Å². The van der Waals surface area contributed by atoms with Crippen LogP contribution >= 0.6 is 0 Å². The Morgan fingerprint density at radius 2 is 2.27 bits per heavy atom. The Hall–Kier alpha value is -1.30. The highest BCUT2D eigenvalue weighted by atomic mass is 16.6. The minimum absolute atomic E-state index is 0.0530. The molecule has 1 N–H and O–H groups in total. The Balaban J connectivity index is 2.23. The van der Waals surface area contributed by atoms with Crippen LogP contribution in [0.3, 0.4) is 0 Å². The molecule has 2 aliphatic heterocycles. The quantitative estimate of drug-likeness (QED) is 0.705. The van der Waals surface area contributed by atoms with Crippen LogP contribution in [0.2, 0.25) is 0 Å². The predicted octanol–water partition coefficient (Wildman–Crippen LogP) is 0.0724. The van der Waals surface area contributed by atoms with Crippen LogP contribution in [-0.4, -0.2) is 54.0 Å². The number of carboxylic acid groups (broad SMARTS) is 1. The number of ether oxygens (including phenoxy) is 2. The van der Waals surface area contributed by atoms with E-state index in [0.29, 0.717) is 32.6 Å². The van der Waals surface area contributed by atoms with Gasteiger partial charge >= 0.3 is 12.1 Å². The first kappa shape index (κ1) is 10.2. The molecule has 6 heteroatoms. The van der Waals surface area contributed by atoms with Crippen molar-refractivity contribution < 1.29 is 24.2 Å². The number of carboxylic acids is 1. The van der Waals surface area contributed by atoms with E-state index in [0.717, 1.165) is 0 Å². The number of cyclic esters (lactones) is 1. The molecule has 0 saturated carbocycles. The third-order valence-corrected chi connectivity index (χ3v) is 2.89. The van der Waals surface area contributed by atoms with E-state index in [1.54, 1.807) is 0 Å². The topological polar surface area (TPSA) is 76.1 Å². The average molecular weight is 215 g/mol. The highest BCUT2D eigenvalue weighted by Crippen LogP contribution is 2.29. The second-order valence-electron chi connectivity index (χ2n) is 3.76. The summed E-state index contributed by atoms with van der Waals surface area (Å²) in [5.74, 6) is -1.01. The molecule has 0 radical (unpaired) electrons. The first-order valence-corrected chi connectivity index (χ1v) is 4.92. The number of amides is 1. The van der Waals surface area contributed by atoms with Gasteiger partial charge in [-0.05, 0) is 6.42 Å². The Labute approximate surface area is 86.8 Å². The second kappa shape index (κ2) is 3.69. The van der Waals surface area contributed by atoms with Crippen molar-refractivity contribution in [2.75, 3.05) is 26.4 Å². The number of rotatable bonds is 2. The summed E-state index contributed by atoms with van der Waals surface area (Å²) in [6.45, 7) is 1.22. The van der Waals surface area contributed by atoms with Crippen LogP contribution in [0.5, 0.6) is 0 Å². The van der Waals surface area contributed by atoms with Gasteiger partial charge in [-0.25, -0.2) is 9.59 Å². The first-order chi connectivity index (χ1) is 7.17. The lowest BCUT2D eigenvalue weighted by atomic mass is 9.96. The highest BCUT2D eigenvalue weighted by molar-refractivity contribution is 5.85. The summed E-state index contributed by atoms with van der Waals surface area (Å²) < 4.78 is 9.94. The molecule has 2 saturated heterocycles. The zero-order chi connectivity index (χ0) is 10.9. The van der Waals surface area contributed by atoms with Crippen molar-refractivity contribution >= 4 is 12.1 Å². The van der Waals surface area contributed by atoms with Crippen molar-refractivity contribution in [3.05, 3.63) is 0 Å². The van der Waals surface area contributed by atoms with Gasteiger partial charge in [0.05, 0.1) is 13.2 Å². The maximum atomic E-state index is 11.5. The van der Waals surface area contributed by atoms with Crippen LogP contribution in [0.1, 0.15) is 12.8 Å². The number of carbonyl (C=O) groups is 2. The van der Waals surface area contributed by atoms with Gasteiger partial charge in [-0.3, -0.25) is 4.90 Å². The van der Waals surface area contributed by atoms with Crippen LogP contribution < -0.4 is 0 Å². The van der Waals surface area contributed by atoms with Crippen molar-refractivity contribution in [2.24, 2.45) is 0 Å². The molecule has 2 heterocycles. The Kier molecular flexibility index (Phi) is 2.52. The first-order valence-electron chi connectivity index (χ1n) is 4.92. The summed E-state index contributed by atoms with van der Waals surface area (Å²) in [5.41, 5.74) is -1.21. The molecular weight excluding hydrogens is 202 g/mol. The molecule has 1 unspecified atom stereocenters. The molecule has 1 atom stereocenters. The van der Waals surface area contributed by atoms with Gasteiger partial charge in [0, 0.05) is 19.6 Å². The fourth-order valence-corrected chi connectivity index (χ4v) is 1.99. The molecule has 6 nitrogen and oxygen atoms in total. The molecule has 0 bridgehead atoms. The van der Waals surface area contributed by atoms with Crippen LogP contribution in [-0.2, 0) is 14.3 Å². The average Bonchev–Trinajstić information content (AvgIpc) is 2.68. The van der Waals surface area contributed by atoms with E-state index >= 15 is 0 Å². The third kappa shape index (κ3) is 1.54. The minimum Gasteiger partial charge on any atom is -0.479 e. The van der Waals surface area contributed by atoms with Crippen molar-refractivity contribution in [1.82, 2.24) is 4.90 Å². The van der Waals surface area contributed by atoms with Crippen LogP contribution in [0.25, 0.3) is 0 Å². The maximum absolute atomic E-state index is 11.5. The van der Waals surface area contributed by atoms with Crippen LogP contribution in [0.4, 0.5) is 4.79 Å². The molecule has 1 amide bonds. The molecule has 0 aromatic carbocycles. The fraction of sp³-hybridized carbons (Fsp3) is 0.778. The zero-order valence-electron chi connectivity index (χ0n) is 8.27. The lowest BCUT2D eigenvalue weighted by Crippen LogP contribution is -2.59. The monoisotopic (exact) mass is 215 g/mol. The van der Waals surface area contributed by atoms with Gasteiger partial charge in [0.2, 0.25) is 0 Å². The summed E-state index contributed by atoms with van der Waals surface area (Å²) in [4.78, 5) is 24.0. The van der Waals surface area contributed by atoms with Gasteiger partial charge in [-0.2, -0.15) is 0 Å². The number of aliphatic carboxylic acids is 1.